The number of amides is 2. The summed E-state index contributed by atoms with van der Waals surface area (Å²) in [5.74, 6) is -0.561. The number of hydrogen-bond donors (Lipinski definition) is 2. The second-order valence-electron chi connectivity index (χ2n) is 5.35. The summed E-state index contributed by atoms with van der Waals surface area (Å²) >= 11 is 0. The fourth-order valence-electron chi connectivity index (χ4n) is 2.39. The molecule has 1 aromatic heterocycles. The summed E-state index contributed by atoms with van der Waals surface area (Å²) in [6.07, 6.45) is 2.84. The number of likely N-dealkylation sites (tertiary alicyclic amines) is 1. The molecule has 0 saturated carbocycles. The Morgan fingerprint density at radius 2 is 2.33 bits per heavy atom. The predicted octanol–water partition coefficient (Wildman–Crippen LogP) is 0.380. The van der Waals surface area contributed by atoms with Crippen molar-refractivity contribution in [2.45, 2.75) is 38.8 Å². The molecule has 6 nitrogen and oxygen atoms in total. The van der Waals surface area contributed by atoms with Crippen LogP contribution in [0, 0.1) is 6.92 Å². The molecule has 21 heavy (non-hydrogen) atoms. The van der Waals surface area contributed by atoms with Gasteiger partial charge in [0.1, 0.15) is 6.10 Å². The minimum Gasteiger partial charge on any atom is -0.383 e. The van der Waals surface area contributed by atoms with Crippen LogP contribution in [0.4, 0.5) is 0 Å². The monoisotopic (exact) mass is 291 g/mol. The SMILES string of the molecule is Cc1cc(CNC(=O)CN2CCCCC(O)C2=O)ccn1. The van der Waals surface area contributed by atoms with Crippen molar-refractivity contribution < 1.29 is 14.7 Å². The molecule has 1 aliphatic rings. The second kappa shape index (κ2) is 7.17. The Bertz CT molecular complexity index is 519. The minimum atomic E-state index is -0.969. The lowest BCUT2D eigenvalue weighted by Crippen LogP contribution is -2.44. The Labute approximate surface area is 124 Å². The molecule has 1 saturated heterocycles. The Morgan fingerprint density at radius 1 is 1.52 bits per heavy atom. The van der Waals surface area contributed by atoms with E-state index in [2.05, 4.69) is 10.3 Å². The van der Waals surface area contributed by atoms with Gasteiger partial charge in [-0.1, -0.05) is 0 Å². The Morgan fingerprint density at radius 3 is 3.10 bits per heavy atom. The van der Waals surface area contributed by atoms with Crippen molar-refractivity contribution in [1.82, 2.24) is 15.2 Å². The number of carbonyl (C=O) groups is 2. The first-order valence-electron chi connectivity index (χ1n) is 7.21. The molecule has 2 N–H and O–H groups in total. The number of nitrogens with one attached hydrogen (secondary N) is 1. The van der Waals surface area contributed by atoms with E-state index < -0.39 is 6.10 Å². The first-order chi connectivity index (χ1) is 10.1. The number of nitrogens with zero attached hydrogens (tertiary/aromatic N) is 2. The summed E-state index contributed by atoms with van der Waals surface area (Å²) in [6.45, 7) is 2.83. The van der Waals surface area contributed by atoms with E-state index >= 15 is 0 Å². The molecular formula is C15H21N3O3. The Balaban J connectivity index is 1.85. The van der Waals surface area contributed by atoms with Gasteiger partial charge in [-0.05, 0) is 43.9 Å². The molecule has 0 aliphatic carbocycles. The molecule has 0 aromatic carbocycles. The zero-order valence-corrected chi connectivity index (χ0v) is 12.2. The molecular weight excluding hydrogens is 270 g/mol. The van der Waals surface area contributed by atoms with Gasteiger partial charge < -0.3 is 15.3 Å². The normalized spacial score (nSPS) is 19.2. The summed E-state index contributed by atoms with van der Waals surface area (Å²) in [7, 11) is 0. The van der Waals surface area contributed by atoms with E-state index in [9.17, 15) is 14.7 Å². The zero-order chi connectivity index (χ0) is 15.2. The van der Waals surface area contributed by atoms with E-state index in [4.69, 9.17) is 0 Å². The first kappa shape index (κ1) is 15.4. The van der Waals surface area contributed by atoms with Crippen LogP contribution in [0.1, 0.15) is 30.5 Å². The third kappa shape index (κ3) is 4.53. The average Bonchev–Trinajstić information content (AvgIpc) is 2.61. The van der Waals surface area contributed by atoms with E-state index in [1.165, 1.54) is 4.90 Å². The van der Waals surface area contributed by atoms with Crippen LogP contribution >= 0.6 is 0 Å². The van der Waals surface area contributed by atoms with Gasteiger partial charge in [0.15, 0.2) is 0 Å². The highest BCUT2D eigenvalue weighted by molar-refractivity contribution is 5.87. The van der Waals surface area contributed by atoms with Gasteiger partial charge in [0.25, 0.3) is 5.91 Å². The average molecular weight is 291 g/mol. The van der Waals surface area contributed by atoms with Gasteiger partial charge in [-0.15, -0.1) is 0 Å². The molecule has 6 heteroatoms. The van der Waals surface area contributed by atoms with Crippen molar-refractivity contribution in [3.63, 3.8) is 0 Å². The summed E-state index contributed by atoms with van der Waals surface area (Å²) in [6, 6.07) is 3.75. The first-order valence-corrected chi connectivity index (χ1v) is 7.21. The van der Waals surface area contributed by atoms with Crippen molar-refractivity contribution in [3.8, 4) is 0 Å². The molecule has 1 unspecified atom stereocenters. The standard InChI is InChI=1S/C15H21N3O3/c1-11-8-12(5-6-16-11)9-17-14(20)10-18-7-3-2-4-13(19)15(18)21/h5-6,8,13,19H,2-4,7,9-10H2,1H3,(H,17,20). The number of aliphatic hydroxyl groups excluding tert-OH is 1. The van der Waals surface area contributed by atoms with Gasteiger partial charge in [0.05, 0.1) is 6.54 Å². The summed E-state index contributed by atoms with van der Waals surface area (Å²) in [4.78, 5) is 29.4. The molecule has 2 rings (SSSR count). The van der Waals surface area contributed by atoms with Crippen molar-refractivity contribution in [2.24, 2.45) is 0 Å². The van der Waals surface area contributed by atoms with Crippen molar-refractivity contribution in [3.05, 3.63) is 29.6 Å². The lowest BCUT2D eigenvalue weighted by Gasteiger charge is -2.21. The smallest absolute Gasteiger partial charge is 0.251 e. The molecule has 1 atom stereocenters. The summed E-state index contributed by atoms with van der Waals surface area (Å²) in [5, 5.41) is 12.4. The van der Waals surface area contributed by atoms with Gasteiger partial charge in [0, 0.05) is 25.0 Å². The Kier molecular flexibility index (Phi) is 5.27. The largest absolute Gasteiger partial charge is 0.383 e. The molecule has 1 aromatic rings. The molecule has 1 aliphatic heterocycles. The van der Waals surface area contributed by atoms with Gasteiger partial charge in [0.2, 0.25) is 5.91 Å². The minimum absolute atomic E-state index is 0.0000406. The lowest BCUT2D eigenvalue weighted by molar-refractivity contribution is -0.142. The van der Waals surface area contributed by atoms with Crippen molar-refractivity contribution >= 4 is 11.8 Å². The molecule has 0 spiro atoms. The van der Waals surface area contributed by atoms with Crippen LogP contribution in [0.3, 0.4) is 0 Å². The van der Waals surface area contributed by atoms with Gasteiger partial charge >= 0.3 is 0 Å². The summed E-state index contributed by atoms with van der Waals surface area (Å²) in [5.41, 5.74) is 1.87. The third-order valence-corrected chi connectivity index (χ3v) is 3.54. The highest BCUT2D eigenvalue weighted by atomic mass is 16.3. The van der Waals surface area contributed by atoms with E-state index in [0.29, 0.717) is 19.5 Å². The highest BCUT2D eigenvalue weighted by Gasteiger charge is 2.26. The number of pyridine rings is 1. The van der Waals surface area contributed by atoms with Crippen LogP contribution in [0.15, 0.2) is 18.3 Å². The van der Waals surface area contributed by atoms with E-state index in [-0.39, 0.29) is 18.4 Å². The lowest BCUT2D eigenvalue weighted by atomic mass is 10.2. The topological polar surface area (TPSA) is 82.5 Å². The van der Waals surface area contributed by atoms with Crippen LogP contribution in [-0.4, -0.2) is 46.0 Å². The molecule has 2 heterocycles. The van der Waals surface area contributed by atoms with Gasteiger partial charge in [-0.3, -0.25) is 14.6 Å². The van der Waals surface area contributed by atoms with E-state index in [1.807, 2.05) is 19.1 Å². The van der Waals surface area contributed by atoms with Crippen molar-refractivity contribution in [2.75, 3.05) is 13.1 Å². The number of aliphatic hydroxyl groups is 1. The second-order valence-corrected chi connectivity index (χ2v) is 5.35. The predicted molar refractivity (Wildman–Crippen MR) is 77.3 cm³/mol. The molecule has 0 radical (unpaired) electrons. The summed E-state index contributed by atoms with van der Waals surface area (Å²) < 4.78 is 0. The number of carbonyl (C=O) groups excluding carboxylic acids is 2. The van der Waals surface area contributed by atoms with E-state index in [1.54, 1.807) is 6.20 Å². The quantitative estimate of drug-likeness (QED) is 0.840. The van der Waals surface area contributed by atoms with Gasteiger partial charge in [-0.25, -0.2) is 0 Å². The fraction of sp³-hybridized carbons (Fsp3) is 0.533. The molecule has 2 amide bonds. The van der Waals surface area contributed by atoms with Crippen LogP contribution in [0.2, 0.25) is 0 Å². The highest BCUT2D eigenvalue weighted by Crippen LogP contribution is 2.11. The number of hydrogen-bond acceptors (Lipinski definition) is 4. The van der Waals surface area contributed by atoms with Crippen LogP contribution < -0.4 is 5.32 Å². The van der Waals surface area contributed by atoms with Crippen LogP contribution in [0.25, 0.3) is 0 Å². The van der Waals surface area contributed by atoms with Crippen LogP contribution in [0.5, 0.6) is 0 Å². The molecule has 1 fully saturated rings. The van der Waals surface area contributed by atoms with Gasteiger partial charge in [-0.2, -0.15) is 0 Å². The maximum atomic E-state index is 11.9. The maximum Gasteiger partial charge on any atom is 0.251 e. The van der Waals surface area contributed by atoms with Crippen molar-refractivity contribution in [1.29, 1.82) is 0 Å². The third-order valence-electron chi connectivity index (χ3n) is 3.54. The number of rotatable bonds is 4. The van der Waals surface area contributed by atoms with Crippen LogP contribution in [-0.2, 0) is 16.1 Å². The molecule has 114 valence electrons. The van der Waals surface area contributed by atoms with E-state index in [0.717, 1.165) is 24.1 Å². The number of aromatic nitrogens is 1. The number of aryl methyl sites for hydroxylation is 1. The maximum absolute atomic E-state index is 11.9. The zero-order valence-electron chi connectivity index (χ0n) is 12.2. The Hall–Kier alpha value is -1.95. The fourth-order valence-corrected chi connectivity index (χ4v) is 2.39. The molecule has 0 bridgehead atoms.